The van der Waals surface area contributed by atoms with Crippen molar-refractivity contribution in [2.75, 3.05) is 0 Å². The standard InChI is InChI=1S/C15H20N2O5S/c1-9(2)13(15(19)20)16-14(18)10-3-7-12(8-4-10)23(21,22)17-11-5-6-11/h3-4,7-9,11,13,17H,5-6H2,1-2H3,(H,16,18)(H,19,20)/t13-/m1/s1. The summed E-state index contributed by atoms with van der Waals surface area (Å²) in [5, 5.41) is 11.5. The molecule has 0 unspecified atom stereocenters. The van der Waals surface area contributed by atoms with Crippen LogP contribution in [0.15, 0.2) is 29.2 Å². The lowest BCUT2D eigenvalue weighted by atomic mass is 10.0. The highest BCUT2D eigenvalue weighted by Crippen LogP contribution is 2.22. The van der Waals surface area contributed by atoms with E-state index in [-0.39, 0.29) is 22.4 Å². The number of amides is 1. The lowest BCUT2D eigenvalue weighted by molar-refractivity contribution is -0.140. The molecule has 1 aliphatic carbocycles. The van der Waals surface area contributed by atoms with Crippen molar-refractivity contribution in [1.29, 1.82) is 0 Å². The van der Waals surface area contributed by atoms with Gasteiger partial charge in [-0.1, -0.05) is 13.8 Å². The average molecular weight is 340 g/mol. The van der Waals surface area contributed by atoms with Gasteiger partial charge in [-0.3, -0.25) is 4.79 Å². The van der Waals surface area contributed by atoms with Crippen LogP contribution in [0, 0.1) is 5.92 Å². The zero-order valence-corrected chi connectivity index (χ0v) is 13.8. The second kappa shape index (κ2) is 6.67. The summed E-state index contributed by atoms with van der Waals surface area (Å²) in [5.74, 6) is -1.93. The van der Waals surface area contributed by atoms with Crippen molar-refractivity contribution in [2.24, 2.45) is 5.92 Å². The normalized spacial score (nSPS) is 16.1. The van der Waals surface area contributed by atoms with Gasteiger partial charge in [0.05, 0.1) is 4.90 Å². The fourth-order valence-corrected chi connectivity index (χ4v) is 3.32. The van der Waals surface area contributed by atoms with Gasteiger partial charge in [-0.15, -0.1) is 0 Å². The van der Waals surface area contributed by atoms with E-state index in [1.165, 1.54) is 24.3 Å². The van der Waals surface area contributed by atoms with Crippen LogP contribution in [0.25, 0.3) is 0 Å². The third-order valence-electron chi connectivity index (χ3n) is 3.55. The molecule has 8 heteroatoms. The molecule has 2 rings (SSSR count). The topological polar surface area (TPSA) is 113 Å². The van der Waals surface area contributed by atoms with Gasteiger partial charge in [0.1, 0.15) is 6.04 Å². The molecule has 0 spiro atoms. The molecule has 1 atom stereocenters. The summed E-state index contributed by atoms with van der Waals surface area (Å²) in [6.45, 7) is 3.39. The fourth-order valence-electron chi connectivity index (χ4n) is 2.01. The Balaban J connectivity index is 2.09. The van der Waals surface area contributed by atoms with E-state index < -0.39 is 27.9 Å². The molecule has 0 heterocycles. The summed E-state index contributed by atoms with van der Waals surface area (Å²) in [5.41, 5.74) is 0.210. The molecule has 1 fully saturated rings. The van der Waals surface area contributed by atoms with Gasteiger partial charge in [-0.05, 0) is 43.0 Å². The maximum absolute atomic E-state index is 12.1. The number of sulfonamides is 1. The Morgan fingerprint density at radius 1 is 1.17 bits per heavy atom. The minimum atomic E-state index is -3.57. The molecular formula is C15H20N2O5S. The number of rotatable bonds is 7. The zero-order valence-electron chi connectivity index (χ0n) is 12.9. The van der Waals surface area contributed by atoms with E-state index in [1.807, 2.05) is 0 Å². The number of hydrogen-bond acceptors (Lipinski definition) is 4. The summed E-state index contributed by atoms with van der Waals surface area (Å²) in [6.07, 6.45) is 1.68. The summed E-state index contributed by atoms with van der Waals surface area (Å²) < 4.78 is 26.6. The highest BCUT2D eigenvalue weighted by atomic mass is 32.2. The Labute approximate surface area is 135 Å². The first-order valence-electron chi connectivity index (χ1n) is 7.37. The number of carbonyl (C=O) groups excluding carboxylic acids is 1. The number of benzene rings is 1. The van der Waals surface area contributed by atoms with Crippen LogP contribution in [0.5, 0.6) is 0 Å². The van der Waals surface area contributed by atoms with E-state index in [9.17, 15) is 18.0 Å². The van der Waals surface area contributed by atoms with E-state index in [4.69, 9.17) is 5.11 Å². The van der Waals surface area contributed by atoms with Gasteiger partial charge in [0.25, 0.3) is 5.91 Å². The van der Waals surface area contributed by atoms with Crippen molar-refractivity contribution in [3.63, 3.8) is 0 Å². The Hall–Kier alpha value is -1.93. The zero-order chi connectivity index (χ0) is 17.2. The molecule has 1 aromatic rings. The number of nitrogens with one attached hydrogen (secondary N) is 2. The predicted molar refractivity (Wildman–Crippen MR) is 83.5 cm³/mol. The van der Waals surface area contributed by atoms with E-state index >= 15 is 0 Å². The van der Waals surface area contributed by atoms with E-state index in [0.717, 1.165) is 12.8 Å². The number of carboxylic acids is 1. The molecule has 3 N–H and O–H groups in total. The number of carbonyl (C=O) groups is 2. The average Bonchev–Trinajstić information content (AvgIpc) is 3.27. The molecule has 1 aromatic carbocycles. The van der Waals surface area contributed by atoms with E-state index in [2.05, 4.69) is 10.0 Å². The van der Waals surface area contributed by atoms with Crippen LogP contribution in [-0.2, 0) is 14.8 Å². The van der Waals surface area contributed by atoms with Gasteiger partial charge in [0.15, 0.2) is 0 Å². The van der Waals surface area contributed by atoms with Gasteiger partial charge < -0.3 is 10.4 Å². The van der Waals surface area contributed by atoms with Crippen molar-refractivity contribution in [3.05, 3.63) is 29.8 Å². The van der Waals surface area contributed by atoms with Gasteiger partial charge >= 0.3 is 5.97 Å². The first-order valence-corrected chi connectivity index (χ1v) is 8.85. The van der Waals surface area contributed by atoms with Crippen molar-refractivity contribution in [1.82, 2.24) is 10.0 Å². The maximum atomic E-state index is 12.1. The SMILES string of the molecule is CC(C)[C@@H](NC(=O)c1ccc(S(=O)(=O)NC2CC2)cc1)C(=O)O. The minimum absolute atomic E-state index is 0.00495. The lowest BCUT2D eigenvalue weighted by Crippen LogP contribution is -2.44. The summed E-state index contributed by atoms with van der Waals surface area (Å²) in [4.78, 5) is 23.3. The first-order chi connectivity index (χ1) is 10.7. The minimum Gasteiger partial charge on any atom is -0.480 e. The molecule has 0 aliphatic heterocycles. The molecule has 0 bridgehead atoms. The van der Waals surface area contributed by atoms with Gasteiger partial charge in [0, 0.05) is 11.6 Å². The summed E-state index contributed by atoms with van der Waals surface area (Å²) >= 11 is 0. The van der Waals surface area contributed by atoms with Crippen LogP contribution in [0.4, 0.5) is 0 Å². The molecule has 0 saturated heterocycles. The molecule has 1 aliphatic rings. The molecular weight excluding hydrogens is 320 g/mol. The second-order valence-corrected chi connectivity index (χ2v) is 7.67. The van der Waals surface area contributed by atoms with Crippen LogP contribution in [0.3, 0.4) is 0 Å². The third kappa shape index (κ3) is 4.52. The molecule has 1 saturated carbocycles. The molecule has 23 heavy (non-hydrogen) atoms. The van der Waals surface area contributed by atoms with Crippen LogP contribution in [-0.4, -0.2) is 37.5 Å². The summed E-state index contributed by atoms with van der Waals surface area (Å²) in [6, 6.07) is 4.43. The Bertz CT molecular complexity index is 693. The van der Waals surface area contributed by atoms with Gasteiger partial charge in [-0.2, -0.15) is 0 Å². The monoisotopic (exact) mass is 340 g/mol. The van der Waals surface area contributed by atoms with Crippen LogP contribution >= 0.6 is 0 Å². The largest absolute Gasteiger partial charge is 0.480 e. The Morgan fingerprint density at radius 3 is 2.17 bits per heavy atom. The Kier molecular flexibility index (Phi) is 5.06. The third-order valence-corrected chi connectivity index (χ3v) is 5.08. The molecule has 1 amide bonds. The van der Waals surface area contributed by atoms with Crippen molar-refractivity contribution in [2.45, 2.75) is 43.7 Å². The highest BCUT2D eigenvalue weighted by molar-refractivity contribution is 7.89. The quantitative estimate of drug-likeness (QED) is 0.684. The predicted octanol–water partition coefficient (Wildman–Crippen LogP) is 0.966. The number of aliphatic carboxylic acids is 1. The smallest absolute Gasteiger partial charge is 0.326 e. The van der Waals surface area contributed by atoms with Crippen molar-refractivity contribution >= 4 is 21.9 Å². The second-order valence-electron chi connectivity index (χ2n) is 5.95. The van der Waals surface area contributed by atoms with Crippen molar-refractivity contribution in [3.8, 4) is 0 Å². The van der Waals surface area contributed by atoms with E-state index in [0.29, 0.717) is 0 Å². The maximum Gasteiger partial charge on any atom is 0.326 e. The molecule has 7 nitrogen and oxygen atoms in total. The van der Waals surface area contributed by atoms with Crippen LogP contribution < -0.4 is 10.0 Å². The fraction of sp³-hybridized carbons (Fsp3) is 0.467. The van der Waals surface area contributed by atoms with Gasteiger partial charge in [-0.25, -0.2) is 17.9 Å². The molecule has 0 aromatic heterocycles. The molecule has 126 valence electrons. The lowest BCUT2D eigenvalue weighted by Gasteiger charge is -2.18. The first kappa shape index (κ1) is 17.4. The van der Waals surface area contributed by atoms with Crippen LogP contribution in [0.2, 0.25) is 0 Å². The number of carboxylic acid groups (broad SMARTS) is 1. The highest BCUT2D eigenvalue weighted by Gasteiger charge is 2.28. The van der Waals surface area contributed by atoms with Crippen molar-refractivity contribution < 1.29 is 23.1 Å². The number of hydrogen-bond donors (Lipinski definition) is 3. The Morgan fingerprint density at radius 2 is 1.74 bits per heavy atom. The van der Waals surface area contributed by atoms with E-state index in [1.54, 1.807) is 13.8 Å². The van der Waals surface area contributed by atoms with Gasteiger partial charge in [0.2, 0.25) is 10.0 Å². The van der Waals surface area contributed by atoms with Crippen LogP contribution in [0.1, 0.15) is 37.0 Å². The molecule has 0 radical (unpaired) electrons. The summed E-state index contributed by atoms with van der Waals surface area (Å²) in [7, 11) is -3.57.